The van der Waals surface area contributed by atoms with Gasteiger partial charge in [0.25, 0.3) is 0 Å². The van der Waals surface area contributed by atoms with Crippen LogP contribution < -0.4 is 5.73 Å². The number of rotatable bonds is 5. The third-order valence-corrected chi connectivity index (χ3v) is 3.68. The van der Waals surface area contributed by atoms with Gasteiger partial charge in [-0.2, -0.15) is 0 Å². The van der Waals surface area contributed by atoms with Crippen molar-refractivity contribution >= 4 is 0 Å². The van der Waals surface area contributed by atoms with Crippen molar-refractivity contribution in [2.75, 3.05) is 6.54 Å². The summed E-state index contributed by atoms with van der Waals surface area (Å²) in [6.45, 7) is 14.6. The third kappa shape index (κ3) is 4.12. The van der Waals surface area contributed by atoms with E-state index in [-0.39, 0.29) is 5.41 Å². The minimum absolute atomic E-state index is 0.284. The summed E-state index contributed by atoms with van der Waals surface area (Å²) in [6.07, 6.45) is 2.52. The van der Waals surface area contributed by atoms with Crippen LogP contribution in [0, 0.1) is 16.7 Å². The molecule has 0 spiro atoms. The highest BCUT2D eigenvalue weighted by molar-refractivity contribution is 4.80. The molecule has 0 aliphatic rings. The maximum Gasteiger partial charge on any atom is -0.00233 e. The molecule has 0 saturated heterocycles. The fraction of sp³-hybridized carbons (Fsp3) is 1.00. The lowest BCUT2D eigenvalue weighted by Gasteiger charge is -2.36. The topological polar surface area (TPSA) is 26.0 Å². The van der Waals surface area contributed by atoms with Crippen LogP contribution in [0.15, 0.2) is 0 Å². The molecule has 1 unspecified atom stereocenters. The molecule has 0 radical (unpaired) electrons. The van der Waals surface area contributed by atoms with Gasteiger partial charge >= 0.3 is 0 Å². The number of hydrogen-bond acceptors (Lipinski definition) is 1. The zero-order valence-corrected chi connectivity index (χ0v) is 10.3. The van der Waals surface area contributed by atoms with E-state index in [1.54, 1.807) is 0 Å². The van der Waals surface area contributed by atoms with Crippen LogP contribution in [-0.2, 0) is 0 Å². The highest BCUT2D eigenvalue weighted by Crippen LogP contribution is 2.37. The molecule has 0 saturated carbocycles. The van der Waals surface area contributed by atoms with E-state index >= 15 is 0 Å². The van der Waals surface area contributed by atoms with Crippen molar-refractivity contribution in [1.82, 2.24) is 0 Å². The summed E-state index contributed by atoms with van der Waals surface area (Å²) >= 11 is 0. The van der Waals surface area contributed by atoms with E-state index < -0.39 is 0 Å². The summed E-state index contributed by atoms with van der Waals surface area (Å²) in [5.41, 5.74) is 6.52. The lowest BCUT2D eigenvalue weighted by Crippen LogP contribution is -2.33. The fourth-order valence-electron chi connectivity index (χ4n) is 1.45. The van der Waals surface area contributed by atoms with Crippen LogP contribution in [0.1, 0.15) is 54.4 Å². The summed E-state index contributed by atoms with van der Waals surface area (Å²) in [5, 5.41) is 0. The van der Waals surface area contributed by atoms with Crippen molar-refractivity contribution in [3.8, 4) is 0 Å². The van der Waals surface area contributed by atoms with Gasteiger partial charge in [-0.15, -0.1) is 0 Å². The Balaban J connectivity index is 4.22. The summed E-state index contributed by atoms with van der Waals surface area (Å²) in [6, 6.07) is 0. The van der Waals surface area contributed by atoms with E-state index in [2.05, 4.69) is 41.5 Å². The van der Waals surface area contributed by atoms with Gasteiger partial charge in [-0.1, -0.05) is 48.0 Å². The predicted octanol–water partition coefficient (Wildman–Crippen LogP) is 3.43. The monoisotopic (exact) mass is 185 g/mol. The number of hydrogen-bond donors (Lipinski definition) is 1. The van der Waals surface area contributed by atoms with Gasteiger partial charge in [-0.3, -0.25) is 0 Å². The molecule has 1 nitrogen and oxygen atoms in total. The first-order valence-electron chi connectivity index (χ1n) is 5.45. The van der Waals surface area contributed by atoms with Crippen molar-refractivity contribution in [3.63, 3.8) is 0 Å². The maximum absolute atomic E-state index is 5.77. The molecule has 80 valence electrons. The van der Waals surface area contributed by atoms with E-state index in [1.807, 2.05) is 0 Å². The largest absolute Gasteiger partial charge is 0.330 e. The standard InChI is InChI=1S/C12H27N/c1-7-11(3,4)8-10(2)12(5,6)9-13/h10H,7-9,13H2,1-6H3. The molecule has 0 heterocycles. The first-order valence-corrected chi connectivity index (χ1v) is 5.45. The fourth-order valence-corrected chi connectivity index (χ4v) is 1.45. The molecule has 0 aromatic heterocycles. The predicted molar refractivity (Wildman–Crippen MR) is 60.7 cm³/mol. The van der Waals surface area contributed by atoms with Gasteiger partial charge in [0.05, 0.1) is 0 Å². The second kappa shape index (κ2) is 4.45. The smallest absolute Gasteiger partial charge is 0.00233 e. The Hall–Kier alpha value is -0.0400. The lowest BCUT2D eigenvalue weighted by atomic mass is 9.71. The summed E-state index contributed by atoms with van der Waals surface area (Å²) < 4.78 is 0. The maximum atomic E-state index is 5.77. The summed E-state index contributed by atoms with van der Waals surface area (Å²) in [5.74, 6) is 0.701. The van der Waals surface area contributed by atoms with Gasteiger partial charge in [-0.05, 0) is 29.7 Å². The van der Waals surface area contributed by atoms with Gasteiger partial charge in [0, 0.05) is 0 Å². The molecule has 0 bridgehead atoms. The molecule has 0 rings (SSSR count). The zero-order chi connectivity index (χ0) is 10.7. The van der Waals surface area contributed by atoms with Gasteiger partial charge in [0.15, 0.2) is 0 Å². The lowest BCUT2D eigenvalue weighted by molar-refractivity contribution is 0.157. The first kappa shape index (κ1) is 13.0. The van der Waals surface area contributed by atoms with Crippen LogP contribution in [0.4, 0.5) is 0 Å². The zero-order valence-electron chi connectivity index (χ0n) is 10.3. The van der Waals surface area contributed by atoms with Crippen LogP contribution >= 0.6 is 0 Å². The van der Waals surface area contributed by atoms with Crippen molar-refractivity contribution in [1.29, 1.82) is 0 Å². The van der Waals surface area contributed by atoms with E-state index in [0.717, 1.165) is 6.54 Å². The average molecular weight is 185 g/mol. The van der Waals surface area contributed by atoms with Gasteiger partial charge in [0.2, 0.25) is 0 Å². The SMILES string of the molecule is CCC(C)(C)CC(C)C(C)(C)CN. The van der Waals surface area contributed by atoms with Gasteiger partial charge < -0.3 is 5.73 Å². The average Bonchev–Trinajstić information content (AvgIpc) is 2.04. The second-order valence-corrected chi connectivity index (χ2v) is 5.82. The Morgan fingerprint density at radius 3 is 1.92 bits per heavy atom. The minimum atomic E-state index is 0.284. The van der Waals surface area contributed by atoms with Crippen molar-refractivity contribution < 1.29 is 0 Å². The Morgan fingerprint density at radius 2 is 1.62 bits per heavy atom. The minimum Gasteiger partial charge on any atom is -0.330 e. The van der Waals surface area contributed by atoms with Crippen molar-refractivity contribution in [2.24, 2.45) is 22.5 Å². The molecular formula is C12H27N. The van der Waals surface area contributed by atoms with Crippen LogP contribution in [0.25, 0.3) is 0 Å². The Morgan fingerprint density at radius 1 is 1.15 bits per heavy atom. The molecule has 13 heavy (non-hydrogen) atoms. The van der Waals surface area contributed by atoms with Gasteiger partial charge in [-0.25, -0.2) is 0 Å². The molecule has 1 heteroatoms. The van der Waals surface area contributed by atoms with Crippen molar-refractivity contribution in [2.45, 2.75) is 54.4 Å². The Kier molecular flexibility index (Phi) is 4.44. The molecule has 1 atom stereocenters. The second-order valence-electron chi connectivity index (χ2n) is 5.82. The van der Waals surface area contributed by atoms with E-state index in [0.29, 0.717) is 11.3 Å². The molecule has 0 fully saturated rings. The Labute approximate surface area is 84.1 Å². The molecule has 0 aromatic rings. The van der Waals surface area contributed by atoms with E-state index in [4.69, 9.17) is 5.73 Å². The van der Waals surface area contributed by atoms with Crippen LogP contribution in [0.5, 0.6) is 0 Å². The normalized spacial score (nSPS) is 15.9. The highest BCUT2D eigenvalue weighted by Gasteiger charge is 2.29. The van der Waals surface area contributed by atoms with Crippen LogP contribution in [-0.4, -0.2) is 6.54 Å². The Bertz CT molecular complexity index is 147. The van der Waals surface area contributed by atoms with Gasteiger partial charge in [0.1, 0.15) is 0 Å². The molecule has 2 N–H and O–H groups in total. The number of nitrogens with two attached hydrogens (primary N) is 1. The molecule has 0 aromatic carbocycles. The van der Waals surface area contributed by atoms with Crippen molar-refractivity contribution in [3.05, 3.63) is 0 Å². The van der Waals surface area contributed by atoms with E-state index in [9.17, 15) is 0 Å². The van der Waals surface area contributed by atoms with Crippen LogP contribution in [0.2, 0.25) is 0 Å². The van der Waals surface area contributed by atoms with E-state index in [1.165, 1.54) is 12.8 Å². The summed E-state index contributed by atoms with van der Waals surface area (Å²) in [4.78, 5) is 0. The first-order chi connectivity index (χ1) is 5.75. The quantitative estimate of drug-likeness (QED) is 0.697. The molecular weight excluding hydrogens is 158 g/mol. The molecule has 0 aliphatic carbocycles. The third-order valence-electron chi connectivity index (χ3n) is 3.68. The molecule has 0 aliphatic heterocycles. The molecule has 0 amide bonds. The highest BCUT2D eigenvalue weighted by atomic mass is 14.6. The summed E-state index contributed by atoms with van der Waals surface area (Å²) in [7, 11) is 0. The van der Waals surface area contributed by atoms with Crippen LogP contribution in [0.3, 0.4) is 0 Å².